The molecular weight excluding hydrogens is 305 g/mol. The normalized spacial score (nSPS) is 13.3. The van der Waals surface area contributed by atoms with Gasteiger partial charge in [-0.15, -0.1) is 0 Å². The minimum Gasteiger partial charge on any atom is -0.386 e. The molecule has 0 amide bonds. The number of aliphatic hydroxyl groups is 1. The second kappa shape index (κ2) is 7.19. The molecule has 4 nitrogen and oxygen atoms in total. The number of anilines is 1. The third kappa shape index (κ3) is 3.75. The summed E-state index contributed by atoms with van der Waals surface area (Å²) in [5.41, 5.74) is 1.57. The van der Waals surface area contributed by atoms with Gasteiger partial charge < -0.3 is 10.4 Å². The van der Waals surface area contributed by atoms with Gasteiger partial charge in [0.25, 0.3) is 0 Å². The first-order valence-corrected chi connectivity index (χ1v) is 7.72. The van der Waals surface area contributed by atoms with E-state index in [1.54, 1.807) is 24.4 Å². The summed E-state index contributed by atoms with van der Waals surface area (Å²) in [6.45, 7) is 1.85. The van der Waals surface area contributed by atoms with Crippen molar-refractivity contribution < 1.29 is 9.50 Å². The van der Waals surface area contributed by atoms with Gasteiger partial charge in [0.15, 0.2) is 5.82 Å². The maximum absolute atomic E-state index is 13.0. The quantitative estimate of drug-likeness (QED) is 0.749. The number of nitrogens with one attached hydrogen (secondary N) is 1. The average molecular weight is 323 g/mol. The molecule has 3 rings (SSSR count). The molecule has 0 aliphatic heterocycles. The molecule has 0 saturated heterocycles. The van der Waals surface area contributed by atoms with Crippen LogP contribution in [0.4, 0.5) is 10.2 Å². The van der Waals surface area contributed by atoms with Gasteiger partial charge in [0.05, 0.1) is 12.1 Å². The number of hydrogen-bond donors (Lipinski definition) is 2. The lowest BCUT2D eigenvalue weighted by Gasteiger charge is -2.21. The van der Waals surface area contributed by atoms with Gasteiger partial charge in [-0.2, -0.15) is 0 Å². The van der Waals surface area contributed by atoms with Crippen LogP contribution in [0.2, 0.25) is 0 Å². The van der Waals surface area contributed by atoms with Gasteiger partial charge in [0.2, 0.25) is 0 Å². The molecule has 1 heterocycles. The molecule has 0 radical (unpaired) electrons. The highest BCUT2D eigenvalue weighted by atomic mass is 19.1. The van der Waals surface area contributed by atoms with Crippen LogP contribution in [-0.4, -0.2) is 21.1 Å². The number of halogens is 1. The second-order valence-corrected chi connectivity index (χ2v) is 5.56. The summed E-state index contributed by atoms with van der Waals surface area (Å²) in [5, 5.41) is 13.6. The number of nitrogens with zero attached hydrogens (tertiary/aromatic N) is 2. The molecule has 0 saturated carbocycles. The Balaban J connectivity index is 1.74. The van der Waals surface area contributed by atoms with Crippen LogP contribution in [-0.2, 0) is 0 Å². The molecule has 0 aliphatic rings. The monoisotopic (exact) mass is 323 g/mol. The fourth-order valence-corrected chi connectivity index (χ4v) is 2.43. The van der Waals surface area contributed by atoms with Gasteiger partial charge in [0, 0.05) is 11.8 Å². The van der Waals surface area contributed by atoms with E-state index < -0.39 is 6.10 Å². The number of hydrogen-bond acceptors (Lipinski definition) is 4. The van der Waals surface area contributed by atoms with Crippen molar-refractivity contribution in [1.82, 2.24) is 9.97 Å². The van der Waals surface area contributed by atoms with Gasteiger partial charge in [-0.05, 0) is 30.7 Å². The highest BCUT2D eigenvalue weighted by Gasteiger charge is 2.17. The lowest BCUT2D eigenvalue weighted by molar-refractivity contribution is 0.160. The summed E-state index contributed by atoms with van der Waals surface area (Å²) in [5.74, 6) is 0.913. The molecule has 2 N–H and O–H groups in total. The van der Waals surface area contributed by atoms with E-state index >= 15 is 0 Å². The first-order chi connectivity index (χ1) is 11.6. The van der Waals surface area contributed by atoms with Gasteiger partial charge in [-0.1, -0.05) is 42.5 Å². The van der Waals surface area contributed by atoms with Gasteiger partial charge in [-0.3, -0.25) is 0 Å². The van der Waals surface area contributed by atoms with Crippen molar-refractivity contribution in [2.75, 3.05) is 5.32 Å². The average Bonchev–Trinajstić information content (AvgIpc) is 2.63. The Bertz CT molecular complexity index is 793. The maximum Gasteiger partial charge on any atom is 0.161 e. The summed E-state index contributed by atoms with van der Waals surface area (Å²) >= 11 is 0. The third-order valence-electron chi connectivity index (χ3n) is 3.75. The number of aliphatic hydroxyl groups excluding tert-OH is 1. The number of aromatic nitrogens is 2. The zero-order chi connectivity index (χ0) is 16.9. The van der Waals surface area contributed by atoms with Crippen LogP contribution in [0.3, 0.4) is 0 Å². The predicted molar refractivity (Wildman–Crippen MR) is 91.9 cm³/mol. The van der Waals surface area contributed by atoms with E-state index in [1.165, 1.54) is 12.1 Å². The fourth-order valence-electron chi connectivity index (χ4n) is 2.43. The van der Waals surface area contributed by atoms with Crippen LogP contribution < -0.4 is 5.32 Å². The molecule has 0 spiro atoms. The van der Waals surface area contributed by atoms with E-state index in [0.717, 1.165) is 5.56 Å². The Hall–Kier alpha value is -2.79. The zero-order valence-electron chi connectivity index (χ0n) is 13.2. The Morgan fingerprint density at radius 2 is 1.71 bits per heavy atom. The summed E-state index contributed by atoms with van der Waals surface area (Å²) in [6, 6.07) is 17.0. The Morgan fingerprint density at radius 1 is 1.00 bits per heavy atom. The highest BCUT2D eigenvalue weighted by molar-refractivity contribution is 5.56. The molecule has 2 aromatic carbocycles. The zero-order valence-corrected chi connectivity index (χ0v) is 13.2. The molecule has 122 valence electrons. The maximum atomic E-state index is 13.0. The first-order valence-electron chi connectivity index (χ1n) is 7.72. The molecule has 0 bridgehead atoms. The number of benzene rings is 2. The summed E-state index contributed by atoms with van der Waals surface area (Å²) in [6.07, 6.45) is 0.898. The Morgan fingerprint density at radius 3 is 2.42 bits per heavy atom. The minimum absolute atomic E-state index is 0.297. The largest absolute Gasteiger partial charge is 0.386 e. The van der Waals surface area contributed by atoms with Gasteiger partial charge >= 0.3 is 0 Å². The molecule has 0 aliphatic carbocycles. The van der Waals surface area contributed by atoms with E-state index in [2.05, 4.69) is 15.3 Å². The second-order valence-electron chi connectivity index (χ2n) is 5.56. The van der Waals surface area contributed by atoms with Crippen LogP contribution >= 0.6 is 0 Å². The van der Waals surface area contributed by atoms with E-state index in [9.17, 15) is 9.50 Å². The van der Waals surface area contributed by atoms with Crippen molar-refractivity contribution >= 4 is 5.82 Å². The van der Waals surface area contributed by atoms with Crippen molar-refractivity contribution in [3.63, 3.8) is 0 Å². The molecule has 24 heavy (non-hydrogen) atoms. The van der Waals surface area contributed by atoms with Crippen LogP contribution in [0.25, 0.3) is 11.4 Å². The van der Waals surface area contributed by atoms with E-state index in [1.807, 2.05) is 37.3 Å². The summed E-state index contributed by atoms with van der Waals surface area (Å²) < 4.78 is 13.0. The number of rotatable bonds is 5. The Labute approximate surface area is 140 Å². The standard InChI is InChI=1S/C19H18FN3O/c1-13(18(24)14-7-9-16(20)10-8-14)22-17-11-12-21-19(23-17)15-5-3-2-4-6-15/h2-13,18,24H,1H3,(H,21,22,23)/t13-,18-/m0/s1. The van der Waals surface area contributed by atoms with Gasteiger partial charge in [-0.25, -0.2) is 14.4 Å². The fraction of sp³-hybridized carbons (Fsp3) is 0.158. The Kier molecular flexibility index (Phi) is 4.82. The van der Waals surface area contributed by atoms with Crippen molar-refractivity contribution in [3.8, 4) is 11.4 Å². The van der Waals surface area contributed by atoms with Crippen molar-refractivity contribution in [1.29, 1.82) is 0 Å². The van der Waals surface area contributed by atoms with Crippen molar-refractivity contribution in [2.45, 2.75) is 19.1 Å². The minimum atomic E-state index is -0.777. The predicted octanol–water partition coefficient (Wildman–Crippen LogP) is 3.82. The van der Waals surface area contributed by atoms with Crippen LogP contribution in [0.15, 0.2) is 66.9 Å². The highest BCUT2D eigenvalue weighted by Crippen LogP contribution is 2.21. The first kappa shape index (κ1) is 16.1. The molecule has 5 heteroatoms. The van der Waals surface area contributed by atoms with Crippen LogP contribution in [0, 0.1) is 5.82 Å². The van der Waals surface area contributed by atoms with E-state index in [4.69, 9.17) is 0 Å². The molecule has 0 unspecified atom stereocenters. The van der Waals surface area contributed by atoms with Gasteiger partial charge in [0.1, 0.15) is 11.6 Å². The van der Waals surface area contributed by atoms with Crippen LogP contribution in [0.5, 0.6) is 0 Å². The topological polar surface area (TPSA) is 58.0 Å². The third-order valence-corrected chi connectivity index (χ3v) is 3.75. The molecular formula is C19H18FN3O. The van der Waals surface area contributed by atoms with Crippen molar-refractivity contribution in [2.24, 2.45) is 0 Å². The molecule has 2 atom stereocenters. The molecule has 1 aromatic heterocycles. The lowest BCUT2D eigenvalue weighted by atomic mass is 10.0. The van der Waals surface area contributed by atoms with E-state index in [0.29, 0.717) is 17.2 Å². The summed E-state index contributed by atoms with van der Waals surface area (Å²) in [7, 11) is 0. The van der Waals surface area contributed by atoms with Crippen LogP contribution in [0.1, 0.15) is 18.6 Å². The summed E-state index contributed by atoms with van der Waals surface area (Å²) in [4.78, 5) is 8.75. The van der Waals surface area contributed by atoms with E-state index in [-0.39, 0.29) is 11.9 Å². The molecule has 3 aromatic rings. The smallest absolute Gasteiger partial charge is 0.161 e. The SMILES string of the molecule is C[C@H](Nc1ccnc(-c2ccccc2)n1)[C@H](O)c1ccc(F)cc1. The lowest BCUT2D eigenvalue weighted by Crippen LogP contribution is -2.24. The molecule has 0 fully saturated rings. The van der Waals surface area contributed by atoms with Crippen molar-refractivity contribution in [3.05, 3.63) is 78.2 Å².